The SMILES string of the molecule is C1=C(OC(c2ccccc2)C2CO2)CCC1.CC. The molecule has 1 aliphatic heterocycles. The van der Waals surface area contributed by atoms with Gasteiger partial charge in [0.2, 0.25) is 0 Å². The Hall–Kier alpha value is -1.28. The van der Waals surface area contributed by atoms with Crippen LogP contribution in [0.3, 0.4) is 0 Å². The molecular weight excluding hydrogens is 224 g/mol. The highest BCUT2D eigenvalue weighted by Crippen LogP contribution is 2.35. The summed E-state index contributed by atoms with van der Waals surface area (Å²) in [7, 11) is 0. The van der Waals surface area contributed by atoms with E-state index in [0.29, 0.717) is 0 Å². The fourth-order valence-corrected chi connectivity index (χ4v) is 2.14. The van der Waals surface area contributed by atoms with Crippen LogP contribution in [0, 0.1) is 0 Å². The summed E-state index contributed by atoms with van der Waals surface area (Å²) in [5, 5.41) is 0. The first-order valence-corrected chi connectivity index (χ1v) is 6.96. The normalized spacial score (nSPS) is 22.6. The van der Waals surface area contributed by atoms with Crippen LogP contribution in [0.25, 0.3) is 0 Å². The van der Waals surface area contributed by atoms with Gasteiger partial charge in [-0.15, -0.1) is 0 Å². The first-order valence-electron chi connectivity index (χ1n) is 6.96. The lowest BCUT2D eigenvalue weighted by atomic mass is 10.1. The monoisotopic (exact) mass is 246 g/mol. The number of benzene rings is 1. The highest BCUT2D eigenvalue weighted by atomic mass is 16.6. The van der Waals surface area contributed by atoms with E-state index in [4.69, 9.17) is 9.47 Å². The largest absolute Gasteiger partial charge is 0.488 e. The van der Waals surface area contributed by atoms with E-state index in [-0.39, 0.29) is 12.2 Å². The van der Waals surface area contributed by atoms with E-state index in [1.165, 1.54) is 12.0 Å². The van der Waals surface area contributed by atoms with Gasteiger partial charge in [-0.05, 0) is 24.5 Å². The van der Waals surface area contributed by atoms with E-state index in [1.54, 1.807) is 0 Å². The number of allylic oxidation sites excluding steroid dienone is 2. The molecule has 2 atom stereocenters. The van der Waals surface area contributed by atoms with Gasteiger partial charge in [-0.3, -0.25) is 0 Å². The van der Waals surface area contributed by atoms with Crippen LogP contribution in [0.15, 0.2) is 42.2 Å². The Bertz CT molecular complexity index is 379. The lowest BCUT2D eigenvalue weighted by molar-refractivity contribution is 0.0844. The Morgan fingerprint density at radius 1 is 1.22 bits per heavy atom. The third-order valence-electron chi connectivity index (χ3n) is 3.10. The molecular formula is C16H22O2. The van der Waals surface area contributed by atoms with Crippen molar-refractivity contribution in [2.75, 3.05) is 6.61 Å². The molecule has 0 radical (unpaired) electrons. The van der Waals surface area contributed by atoms with Gasteiger partial charge in [0, 0.05) is 6.42 Å². The zero-order valence-electron chi connectivity index (χ0n) is 11.3. The molecule has 98 valence electrons. The number of ether oxygens (including phenoxy) is 2. The van der Waals surface area contributed by atoms with Crippen molar-refractivity contribution in [3.63, 3.8) is 0 Å². The van der Waals surface area contributed by atoms with Crippen molar-refractivity contribution in [1.29, 1.82) is 0 Å². The highest BCUT2D eigenvalue weighted by molar-refractivity contribution is 5.21. The molecule has 3 rings (SSSR count). The smallest absolute Gasteiger partial charge is 0.152 e. The molecule has 0 amide bonds. The Morgan fingerprint density at radius 2 is 1.94 bits per heavy atom. The molecule has 1 heterocycles. The van der Waals surface area contributed by atoms with E-state index in [9.17, 15) is 0 Å². The maximum Gasteiger partial charge on any atom is 0.152 e. The number of epoxide rings is 1. The van der Waals surface area contributed by atoms with Gasteiger partial charge < -0.3 is 9.47 Å². The van der Waals surface area contributed by atoms with Gasteiger partial charge in [-0.2, -0.15) is 0 Å². The van der Waals surface area contributed by atoms with Crippen molar-refractivity contribution in [1.82, 2.24) is 0 Å². The minimum absolute atomic E-state index is 0.0885. The zero-order valence-corrected chi connectivity index (χ0v) is 11.3. The second kappa shape index (κ2) is 6.60. The standard InChI is InChI=1S/C14H16O2.C2H6/c1-2-6-11(7-3-1)14(13-10-15-13)16-12-8-4-5-9-12;1-2/h1-3,6-8,13-14H,4-5,9-10H2;1-2H3. The van der Waals surface area contributed by atoms with Crippen LogP contribution in [0.5, 0.6) is 0 Å². The Balaban J connectivity index is 0.000000574. The van der Waals surface area contributed by atoms with Crippen molar-refractivity contribution in [3.05, 3.63) is 47.7 Å². The fraction of sp³-hybridized carbons (Fsp3) is 0.500. The summed E-state index contributed by atoms with van der Waals surface area (Å²) in [6.07, 6.45) is 6.01. The van der Waals surface area contributed by atoms with Crippen LogP contribution >= 0.6 is 0 Å². The molecule has 1 saturated heterocycles. The molecule has 18 heavy (non-hydrogen) atoms. The number of rotatable bonds is 4. The second-order valence-electron chi connectivity index (χ2n) is 4.38. The Labute approximate surface area is 110 Å². The van der Waals surface area contributed by atoms with Crippen molar-refractivity contribution in [2.24, 2.45) is 0 Å². The molecule has 2 nitrogen and oxygen atoms in total. The van der Waals surface area contributed by atoms with E-state index in [1.807, 2.05) is 19.9 Å². The van der Waals surface area contributed by atoms with Crippen molar-refractivity contribution in [3.8, 4) is 0 Å². The quantitative estimate of drug-likeness (QED) is 0.741. The molecule has 1 aromatic carbocycles. The van der Waals surface area contributed by atoms with Gasteiger partial charge in [0.15, 0.2) is 6.10 Å². The molecule has 0 bridgehead atoms. The van der Waals surface area contributed by atoms with Gasteiger partial charge in [0.05, 0.1) is 12.4 Å². The minimum Gasteiger partial charge on any atom is -0.488 e. The minimum atomic E-state index is 0.0885. The summed E-state index contributed by atoms with van der Waals surface area (Å²) in [5.74, 6) is 1.14. The lowest BCUT2D eigenvalue weighted by Crippen LogP contribution is -2.10. The Morgan fingerprint density at radius 3 is 2.50 bits per heavy atom. The van der Waals surface area contributed by atoms with Crippen LogP contribution in [0.2, 0.25) is 0 Å². The lowest BCUT2D eigenvalue weighted by Gasteiger charge is -2.18. The van der Waals surface area contributed by atoms with Gasteiger partial charge in [-0.1, -0.05) is 44.2 Å². The summed E-state index contributed by atoms with van der Waals surface area (Å²) < 4.78 is 11.4. The van der Waals surface area contributed by atoms with Gasteiger partial charge >= 0.3 is 0 Å². The predicted molar refractivity (Wildman–Crippen MR) is 73.3 cm³/mol. The van der Waals surface area contributed by atoms with E-state index in [0.717, 1.165) is 25.2 Å². The number of hydrogen-bond donors (Lipinski definition) is 0. The van der Waals surface area contributed by atoms with Crippen LogP contribution in [0.1, 0.15) is 44.8 Å². The molecule has 2 aliphatic rings. The van der Waals surface area contributed by atoms with Gasteiger partial charge in [0.25, 0.3) is 0 Å². The van der Waals surface area contributed by atoms with Crippen molar-refractivity contribution < 1.29 is 9.47 Å². The van der Waals surface area contributed by atoms with Crippen LogP contribution < -0.4 is 0 Å². The first kappa shape index (κ1) is 13.2. The summed E-state index contributed by atoms with van der Waals surface area (Å²) in [5.41, 5.74) is 1.22. The summed E-state index contributed by atoms with van der Waals surface area (Å²) >= 11 is 0. The maximum absolute atomic E-state index is 6.06. The van der Waals surface area contributed by atoms with Crippen molar-refractivity contribution >= 4 is 0 Å². The maximum atomic E-state index is 6.06. The van der Waals surface area contributed by atoms with Crippen LogP contribution in [-0.4, -0.2) is 12.7 Å². The molecule has 2 heteroatoms. The summed E-state index contributed by atoms with van der Waals surface area (Å²) in [6, 6.07) is 10.4. The third-order valence-corrected chi connectivity index (χ3v) is 3.10. The molecule has 0 saturated carbocycles. The van der Waals surface area contributed by atoms with E-state index < -0.39 is 0 Å². The average Bonchev–Trinajstić information content (AvgIpc) is 3.16. The van der Waals surface area contributed by atoms with E-state index in [2.05, 4.69) is 30.3 Å². The highest BCUT2D eigenvalue weighted by Gasteiger charge is 2.36. The molecule has 1 aliphatic carbocycles. The predicted octanol–water partition coefficient (Wildman–Crippen LogP) is 4.24. The van der Waals surface area contributed by atoms with Crippen LogP contribution in [0.4, 0.5) is 0 Å². The molecule has 0 spiro atoms. The molecule has 0 N–H and O–H groups in total. The van der Waals surface area contributed by atoms with E-state index >= 15 is 0 Å². The second-order valence-corrected chi connectivity index (χ2v) is 4.38. The molecule has 1 aromatic rings. The average molecular weight is 246 g/mol. The first-order chi connectivity index (χ1) is 8.93. The zero-order chi connectivity index (χ0) is 12.8. The molecule has 0 aromatic heterocycles. The van der Waals surface area contributed by atoms with Gasteiger partial charge in [-0.25, -0.2) is 0 Å². The molecule has 1 fully saturated rings. The van der Waals surface area contributed by atoms with Crippen LogP contribution in [-0.2, 0) is 9.47 Å². The summed E-state index contributed by atoms with van der Waals surface area (Å²) in [6.45, 7) is 4.83. The topological polar surface area (TPSA) is 21.8 Å². The van der Waals surface area contributed by atoms with Crippen molar-refractivity contribution in [2.45, 2.75) is 45.3 Å². The Kier molecular flexibility index (Phi) is 4.82. The number of hydrogen-bond acceptors (Lipinski definition) is 2. The van der Waals surface area contributed by atoms with Gasteiger partial charge in [0.1, 0.15) is 6.10 Å². The summed E-state index contributed by atoms with van der Waals surface area (Å²) in [4.78, 5) is 0. The molecule has 2 unspecified atom stereocenters. The third kappa shape index (κ3) is 3.36. The fourth-order valence-electron chi connectivity index (χ4n) is 2.14.